The number of amides is 1. The zero-order valence-corrected chi connectivity index (χ0v) is 19.9. The molecule has 0 bridgehead atoms. The molecule has 1 amide bonds. The van der Waals surface area contributed by atoms with Crippen LogP contribution in [0.25, 0.3) is 0 Å². The number of Topliss-reactive ketones (excluding diaryl/α,β-unsaturated/α-hetero) is 1. The van der Waals surface area contributed by atoms with E-state index in [1.807, 2.05) is 35.2 Å². The molecule has 2 fully saturated rings. The van der Waals surface area contributed by atoms with Crippen LogP contribution in [0.4, 0.5) is 5.82 Å². The zero-order chi connectivity index (χ0) is 24.5. The van der Waals surface area contributed by atoms with E-state index in [0.717, 1.165) is 61.4 Å². The number of hydrogen-bond acceptors (Lipinski definition) is 6. The maximum atomic E-state index is 12.9. The molecular formula is C25H35N5O4. The molecule has 4 rings (SSSR count). The van der Waals surface area contributed by atoms with E-state index in [1.165, 1.54) is 17.4 Å². The average molecular weight is 470 g/mol. The number of anilines is 1. The predicted octanol–water partition coefficient (Wildman–Crippen LogP) is 1.47. The zero-order valence-electron chi connectivity index (χ0n) is 19.9. The van der Waals surface area contributed by atoms with Gasteiger partial charge in [-0.2, -0.15) is 0 Å². The molecule has 1 aliphatic heterocycles. The number of aromatic nitrogens is 2. The number of carbonyl (C=O) groups is 2. The highest BCUT2D eigenvalue weighted by molar-refractivity contribution is 6.01. The number of nitrogens with zero attached hydrogens (tertiary/aromatic N) is 3. The molecular weight excluding hydrogens is 434 g/mol. The summed E-state index contributed by atoms with van der Waals surface area (Å²) in [5, 5.41) is 2.63. The number of carbonyl (C=O) groups excluding carboxylic acids is 2. The minimum atomic E-state index is -0.591. The van der Waals surface area contributed by atoms with Crippen molar-refractivity contribution < 1.29 is 9.59 Å². The van der Waals surface area contributed by atoms with Gasteiger partial charge in [-0.25, -0.2) is 4.79 Å². The van der Waals surface area contributed by atoms with Crippen molar-refractivity contribution in [3.8, 4) is 0 Å². The Kier molecular flexibility index (Phi) is 9.21. The van der Waals surface area contributed by atoms with Crippen molar-refractivity contribution in [1.29, 1.82) is 0 Å². The smallest absolute Gasteiger partial charge is 0.332 e. The first-order chi connectivity index (χ1) is 16.5. The molecule has 1 saturated heterocycles. The number of likely N-dealkylation sites (tertiary alicyclic amines) is 1. The second-order valence-electron chi connectivity index (χ2n) is 8.89. The minimum absolute atomic E-state index is 0.0411. The van der Waals surface area contributed by atoms with Crippen LogP contribution >= 0.6 is 0 Å². The van der Waals surface area contributed by atoms with Gasteiger partial charge in [0.25, 0.3) is 5.56 Å². The summed E-state index contributed by atoms with van der Waals surface area (Å²) in [5.41, 5.74) is 5.90. The van der Waals surface area contributed by atoms with Crippen LogP contribution < -0.4 is 22.3 Å². The summed E-state index contributed by atoms with van der Waals surface area (Å²) in [4.78, 5) is 50.1. The van der Waals surface area contributed by atoms with Crippen LogP contribution in [0.5, 0.6) is 0 Å². The van der Waals surface area contributed by atoms with E-state index in [1.54, 1.807) is 6.92 Å². The van der Waals surface area contributed by atoms with Gasteiger partial charge in [-0.15, -0.1) is 0 Å². The molecule has 184 valence electrons. The summed E-state index contributed by atoms with van der Waals surface area (Å²) in [7, 11) is 0. The Morgan fingerprint density at radius 1 is 1.09 bits per heavy atom. The van der Waals surface area contributed by atoms with Crippen molar-refractivity contribution >= 4 is 18.0 Å². The van der Waals surface area contributed by atoms with Crippen LogP contribution in [0.2, 0.25) is 0 Å². The lowest BCUT2D eigenvalue weighted by atomic mass is 10.1. The lowest BCUT2D eigenvalue weighted by Gasteiger charge is -2.26. The fraction of sp³-hybridized carbons (Fsp3) is 0.520. The van der Waals surface area contributed by atoms with E-state index in [4.69, 9.17) is 5.73 Å². The van der Waals surface area contributed by atoms with E-state index in [0.29, 0.717) is 0 Å². The molecule has 1 aromatic carbocycles. The monoisotopic (exact) mass is 469 g/mol. The van der Waals surface area contributed by atoms with E-state index in [-0.39, 0.29) is 36.8 Å². The van der Waals surface area contributed by atoms with Gasteiger partial charge in [-0.05, 0) is 57.2 Å². The second-order valence-corrected chi connectivity index (χ2v) is 8.89. The van der Waals surface area contributed by atoms with Crippen molar-refractivity contribution in [2.45, 2.75) is 52.1 Å². The van der Waals surface area contributed by atoms with Crippen molar-refractivity contribution in [3.05, 3.63) is 62.3 Å². The topological polar surface area (TPSA) is 119 Å². The fourth-order valence-electron chi connectivity index (χ4n) is 4.11. The maximum absolute atomic E-state index is 12.9. The van der Waals surface area contributed by atoms with Gasteiger partial charge in [0.05, 0.1) is 13.1 Å². The Hall–Kier alpha value is -3.20. The highest BCUT2D eigenvalue weighted by atomic mass is 16.2. The van der Waals surface area contributed by atoms with E-state index in [2.05, 4.69) is 5.32 Å². The Bertz CT molecular complexity index is 1080. The Morgan fingerprint density at radius 3 is 2.35 bits per heavy atom. The van der Waals surface area contributed by atoms with E-state index < -0.39 is 11.2 Å². The largest absolute Gasteiger partial charge is 0.384 e. The first-order valence-electron chi connectivity index (χ1n) is 12.1. The lowest BCUT2D eigenvalue weighted by molar-refractivity contribution is -0.109. The van der Waals surface area contributed by atoms with Crippen molar-refractivity contribution in [2.24, 2.45) is 5.92 Å². The average Bonchev–Trinajstić information content (AvgIpc) is 3.67. The number of nitrogens with one attached hydrogen (secondary N) is 1. The summed E-state index contributed by atoms with van der Waals surface area (Å²) in [5.74, 6) is 0.453. The summed E-state index contributed by atoms with van der Waals surface area (Å²) < 4.78 is 2.41. The third-order valence-corrected chi connectivity index (χ3v) is 6.25. The van der Waals surface area contributed by atoms with Gasteiger partial charge < -0.3 is 11.1 Å². The number of nitrogens with two attached hydrogens (primary N) is 1. The number of hydrogen-bond donors (Lipinski definition) is 2. The van der Waals surface area contributed by atoms with E-state index >= 15 is 0 Å². The summed E-state index contributed by atoms with van der Waals surface area (Å²) in [6.07, 6.45) is 6.64. The molecule has 2 aromatic rings. The van der Waals surface area contributed by atoms with Gasteiger partial charge in [-0.3, -0.25) is 28.4 Å². The molecule has 3 N–H and O–H groups in total. The van der Waals surface area contributed by atoms with Crippen LogP contribution in [0, 0.1) is 5.92 Å². The maximum Gasteiger partial charge on any atom is 0.332 e. The summed E-state index contributed by atoms with van der Waals surface area (Å²) in [6, 6.07) is 9.38. The van der Waals surface area contributed by atoms with Gasteiger partial charge in [-0.1, -0.05) is 36.8 Å². The van der Waals surface area contributed by atoms with Gasteiger partial charge in [0.15, 0.2) is 5.78 Å². The Labute approximate surface area is 199 Å². The Morgan fingerprint density at radius 2 is 1.76 bits per heavy atom. The molecule has 0 atom stereocenters. The molecule has 34 heavy (non-hydrogen) atoms. The fourth-order valence-corrected chi connectivity index (χ4v) is 4.11. The number of piperidine rings is 1. The van der Waals surface area contributed by atoms with Gasteiger partial charge in [0, 0.05) is 13.1 Å². The van der Waals surface area contributed by atoms with Crippen molar-refractivity contribution in [1.82, 2.24) is 19.4 Å². The molecule has 1 aromatic heterocycles. The number of rotatable bonds is 9. The quantitative estimate of drug-likeness (QED) is 0.424. The van der Waals surface area contributed by atoms with Crippen LogP contribution in [0.15, 0.2) is 39.9 Å². The van der Waals surface area contributed by atoms with Gasteiger partial charge in [0.1, 0.15) is 11.4 Å². The molecule has 2 heterocycles. The summed E-state index contributed by atoms with van der Waals surface area (Å²) >= 11 is 0. The van der Waals surface area contributed by atoms with Gasteiger partial charge in [0.2, 0.25) is 6.41 Å². The highest BCUT2D eigenvalue weighted by Crippen LogP contribution is 2.27. The van der Waals surface area contributed by atoms with Crippen LogP contribution in [-0.2, 0) is 17.9 Å². The third kappa shape index (κ3) is 6.66. The molecule has 9 nitrogen and oxygen atoms in total. The standard InChI is InChI=1S/C20H26N4O3.C5H9NO/c1-2-23-19(26)17(16(25)14-22-11-7-4-8-12-22)18(21)24(20(23)27)13-15-9-5-3-6-10-15;7-4-6-3-5-1-2-5/h3,5-6,9-10H,2,4,7-8,11-14,21H2,1H3;4-5H,1-3H2,(H,6,7). The molecule has 9 heteroatoms. The van der Waals surface area contributed by atoms with Crippen LogP contribution in [0.1, 0.15) is 54.9 Å². The molecule has 0 spiro atoms. The first kappa shape index (κ1) is 25.4. The SMILES string of the molecule is CCn1c(=O)c(C(=O)CN2CCCCC2)c(N)n(Cc2ccccc2)c1=O.O=CNCC1CC1. The van der Waals surface area contributed by atoms with Crippen molar-refractivity contribution in [3.63, 3.8) is 0 Å². The Balaban J connectivity index is 0.000000396. The second kappa shape index (κ2) is 12.3. The molecule has 2 aliphatic rings. The molecule has 0 radical (unpaired) electrons. The first-order valence-corrected chi connectivity index (χ1v) is 12.1. The molecule has 1 aliphatic carbocycles. The van der Waals surface area contributed by atoms with Crippen LogP contribution in [-0.4, -0.2) is 52.4 Å². The summed E-state index contributed by atoms with van der Waals surface area (Å²) in [6.45, 7) is 4.86. The van der Waals surface area contributed by atoms with Gasteiger partial charge >= 0.3 is 5.69 Å². The highest BCUT2D eigenvalue weighted by Gasteiger charge is 2.24. The predicted molar refractivity (Wildman–Crippen MR) is 132 cm³/mol. The lowest BCUT2D eigenvalue weighted by Crippen LogP contribution is -2.45. The normalized spacial score (nSPS) is 15.8. The molecule has 0 unspecified atom stereocenters. The number of nitrogen functional groups attached to an aromatic ring is 1. The molecule has 1 saturated carbocycles. The minimum Gasteiger partial charge on any atom is -0.384 e. The van der Waals surface area contributed by atoms with E-state index in [9.17, 15) is 19.2 Å². The van der Waals surface area contributed by atoms with Crippen molar-refractivity contribution in [2.75, 3.05) is 31.9 Å². The number of ketones is 1. The van der Waals surface area contributed by atoms with Crippen LogP contribution in [0.3, 0.4) is 0 Å². The number of benzene rings is 1. The third-order valence-electron chi connectivity index (χ3n) is 6.25.